The number of rotatable bonds is 18. The molecule has 0 bridgehead atoms. The minimum Gasteiger partial charge on any atom is -0.508 e. The number of ether oxygens (including phenoxy) is 2. The summed E-state index contributed by atoms with van der Waals surface area (Å²) in [4.78, 5) is 42.2. The zero-order chi connectivity index (χ0) is 34.1. The first kappa shape index (κ1) is 34.2. The molecule has 14 heteroatoms. The summed E-state index contributed by atoms with van der Waals surface area (Å²) in [6, 6.07) is 26.2. The molecule has 5 rings (SSSR count). The Kier molecular flexibility index (Phi) is 12.8. The minimum absolute atomic E-state index is 0.139. The first-order chi connectivity index (χ1) is 24.0. The molecule has 0 unspecified atom stereocenters. The van der Waals surface area contributed by atoms with Crippen molar-refractivity contribution < 1.29 is 24.2 Å². The predicted octanol–water partition coefficient (Wildman–Crippen LogP) is 4.26. The summed E-state index contributed by atoms with van der Waals surface area (Å²) in [5.74, 6) is 0.634. The molecule has 252 valence electrons. The average molecular weight is 664 g/mol. The maximum atomic E-state index is 12.6. The van der Waals surface area contributed by atoms with Crippen molar-refractivity contribution in [1.82, 2.24) is 30.6 Å². The van der Waals surface area contributed by atoms with Crippen molar-refractivity contribution in [2.45, 2.75) is 6.54 Å². The van der Waals surface area contributed by atoms with Crippen molar-refractivity contribution in [3.8, 4) is 5.75 Å². The highest BCUT2D eigenvalue weighted by Crippen LogP contribution is 2.21. The van der Waals surface area contributed by atoms with Crippen LogP contribution in [0.1, 0.15) is 26.3 Å². The number of pyridine rings is 1. The van der Waals surface area contributed by atoms with Crippen LogP contribution in [0.5, 0.6) is 5.75 Å². The van der Waals surface area contributed by atoms with Gasteiger partial charge in [-0.05, 0) is 72.3 Å². The molecule has 5 aromatic rings. The van der Waals surface area contributed by atoms with E-state index in [9.17, 15) is 14.7 Å². The molecule has 0 atom stereocenters. The molecule has 0 saturated carbocycles. The Labute approximate surface area is 283 Å². The van der Waals surface area contributed by atoms with Crippen molar-refractivity contribution >= 4 is 41.0 Å². The smallest absolute Gasteiger partial charge is 0.251 e. The molecule has 0 fully saturated rings. The second-order valence-corrected chi connectivity index (χ2v) is 10.5. The van der Waals surface area contributed by atoms with E-state index >= 15 is 0 Å². The normalized spacial score (nSPS) is 10.6. The standard InChI is InChI=1S/C35H37N9O5/c45-30-14-12-29(13-15-30)41-35-43-33(38-18-20-49-22-21-48-19-17-37-31(46)26-6-2-1-3-7-26)42-34(44-35)40-28-10-8-27(9-11-28)32(47)39-24-25-5-4-16-36-23-25/h1-16,23,45H,17-22,24H2,(H,37,46)(H,39,47)(H3,38,40,41,42,43,44). The summed E-state index contributed by atoms with van der Waals surface area (Å²) in [6.45, 7) is 2.69. The van der Waals surface area contributed by atoms with Gasteiger partial charge in [-0.1, -0.05) is 24.3 Å². The lowest BCUT2D eigenvalue weighted by atomic mass is 10.2. The van der Waals surface area contributed by atoms with Gasteiger partial charge in [0, 0.05) is 54.5 Å². The summed E-state index contributed by atoms with van der Waals surface area (Å²) in [5.41, 5.74) is 3.35. The monoisotopic (exact) mass is 663 g/mol. The van der Waals surface area contributed by atoms with Gasteiger partial charge >= 0.3 is 0 Å². The molecule has 0 radical (unpaired) electrons. The highest BCUT2D eigenvalue weighted by Gasteiger charge is 2.10. The molecule has 0 aliphatic carbocycles. The third-order valence-electron chi connectivity index (χ3n) is 6.81. The third kappa shape index (κ3) is 11.6. The number of hydrogen-bond donors (Lipinski definition) is 6. The fourth-order valence-electron chi connectivity index (χ4n) is 4.35. The van der Waals surface area contributed by atoms with Gasteiger partial charge in [0.1, 0.15) is 5.75 Å². The molecule has 14 nitrogen and oxygen atoms in total. The Morgan fingerprint density at radius 3 is 1.86 bits per heavy atom. The number of hydrogen-bond acceptors (Lipinski definition) is 12. The van der Waals surface area contributed by atoms with Crippen LogP contribution >= 0.6 is 0 Å². The van der Waals surface area contributed by atoms with Crippen molar-refractivity contribution in [1.29, 1.82) is 0 Å². The van der Waals surface area contributed by atoms with E-state index in [1.54, 1.807) is 73.1 Å². The molecule has 0 aliphatic rings. The Morgan fingerprint density at radius 1 is 0.612 bits per heavy atom. The van der Waals surface area contributed by atoms with E-state index in [2.05, 4.69) is 46.5 Å². The van der Waals surface area contributed by atoms with Crippen LogP contribution in [0.15, 0.2) is 103 Å². The Bertz CT molecular complexity index is 1760. The Hall–Kier alpha value is -6.12. The van der Waals surface area contributed by atoms with E-state index in [1.807, 2.05) is 30.3 Å². The molecule has 2 heterocycles. The average Bonchev–Trinajstić information content (AvgIpc) is 3.13. The van der Waals surface area contributed by atoms with Crippen LogP contribution < -0.4 is 26.6 Å². The number of nitrogens with one attached hydrogen (secondary N) is 5. The van der Waals surface area contributed by atoms with Crippen molar-refractivity contribution in [2.24, 2.45) is 0 Å². The number of phenolic OH excluding ortho intramolecular Hbond substituents is 1. The van der Waals surface area contributed by atoms with Gasteiger partial charge in [-0.25, -0.2) is 0 Å². The van der Waals surface area contributed by atoms with E-state index < -0.39 is 0 Å². The number of carbonyl (C=O) groups excluding carboxylic acids is 2. The lowest BCUT2D eigenvalue weighted by Gasteiger charge is -2.12. The van der Waals surface area contributed by atoms with Gasteiger partial charge < -0.3 is 41.2 Å². The van der Waals surface area contributed by atoms with Crippen LogP contribution in [-0.4, -0.2) is 76.4 Å². The minimum atomic E-state index is -0.205. The molecule has 6 N–H and O–H groups in total. The van der Waals surface area contributed by atoms with Crippen LogP contribution in [-0.2, 0) is 16.0 Å². The van der Waals surface area contributed by atoms with E-state index in [4.69, 9.17) is 9.47 Å². The molecule has 2 amide bonds. The van der Waals surface area contributed by atoms with Gasteiger partial charge in [-0.2, -0.15) is 15.0 Å². The van der Waals surface area contributed by atoms with Crippen molar-refractivity contribution in [2.75, 3.05) is 55.5 Å². The maximum Gasteiger partial charge on any atom is 0.251 e. The van der Waals surface area contributed by atoms with Crippen LogP contribution in [0.3, 0.4) is 0 Å². The molecular formula is C35H37N9O5. The van der Waals surface area contributed by atoms with Crippen LogP contribution in [0, 0.1) is 0 Å². The zero-order valence-corrected chi connectivity index (χ0v) is 26.6. The lowest BCUT2D eigenvalue weighted by Crippen LogP contribution is -2.27. The van der Waals surface area contributed by atoms with Gasteiger partial charge in [0.05, 0.1) is 26.4 Å². The fraction of sp³-hybridized carbons (Fsp3) is 0.200. The van der Waals surface area contributed by atoms with Crippen LogP contribution in [0.4, 0.5) is 29.2 Å². The molecular weight excluding hydrogens is 626 g/mol. The summed E-state index contributed by atoms with van der Waals surface area (Å²) >= 11 is 0. The first-order valence-corrected chi connectivity index (χ1v) is 15.6. The Morgan fingerprint density at radius 2 is 1.20 bits per heavy atom. The van der Waals surface area contributed by atoms with Crippen LogP contribution in [0.2, 0.25) is 0 Å². The molecule has 3 aromatic carbocycles. The maximum absolute atomic E-state index is 12.6. The van der Waals surface area contributed by atoms with Gasteiger partial charge in [0.15, 0.2) is 0 Å². The molecule has 0 aliphatic heterocycles. The second kappa shape index (κ2) is 18.3. The SMILES string of the molecule is O=C(NCCOCCOCCNc1nc(Nc2ccc(O)cc2)nc(Nc2ccc(C(=O)NCc3cccnc3)cc2)n1)c1ccccc1. The molecule has 2 aromatic heterocycles. The zero-order valence-electron chi connectivity index (χ0n) is 26.6. The molecule has 0 spiro atoms. The number of phenols is 1. The van der Waals surface area contributed by atoms with E-state index in [1.165, 1.54) is 0 Å². The second-order valence-electron chi connectivity index (χ2n) is 10.5. The number of aromatic hydroxyl groups is 1. The highest BCUT2D eigenvalue weighted by atomic mass is 16.5. The van der Waals surface area contributed by atoms with Crippen LogP contribution in [0.25, 0.3) is 0 Å². The molecule has 0 saturated heterocycles. The quantitative estimate of drug-likeness (QED) is 0.0579. The van der Waals surface area contributed by atoms with Gasteiger partial charge in [0.2, 0.25) is 17.8 Å². The van der Waals surface area contributed by atoms with Gasteiger partial charge in [0.25, 0.3) is 11.8 Å². The fourth-order valence-corrected chi connectivity index (χ4v) is 4.35. The third-order valence-corrected chi connectivity index (χ3v) is 6.81. The Balaban J connectivity index is 1.09. The van der Waals surface area contributed by atoms with Crippen molar-refractivity contribution in [3.63, 3.8) is 0 Å². The topological polar surface area (TPSA) is 185 Å². The van der Waals surface area contributed by atoms with Gasteiger partial charge in [-0.15, -0.1) is 0 Å². The number of amides is 2. The lowest BCUT2D eigenvalue weighted by molar-refractivity contribution is 0.0519. The molecule has 49 heavy (non-hydrogen) atoms. The first-order valence-electron chi connectivity index (χ1n) is 15.6. The number of anilines is 5. The predicted molar refractivity (Wildman–Crippen MR) is 185 cm³/mol. The number of aromatic nitrogens is 4. The number of carbonyl (C=O) groups is 2. The summed E-state index contributed by atoms with van der Waals surface area (Å²) in [6.07, 6.45) is 3.39. The highest BCUT2D eigenvalue weighted by molar-refractivity contribution is 5.94. The van der Waals surface area contributed by atoms with Gasteiger partial charge in [-0.3, -0.25) is 14.6 Å². The van der Waals surface area contributed by atoms with E-state index in [0.717, 1.165) is 5.56 Å². The van der Waals surface area contributed by atoms with E-state index in [-0.39, 0.29) is 29.5 Å². The largest absolute Gasteiger partial charge is 0.508 e. The number of nitrogens with zero attached hydrogens (tertiary/aromatic N) is 4. The summed E-state index contributed by atoms with van der Waals surface area (Å²) < 4.78 is 11.2. The number of benzene rings is 3. The summed E-state index contributed by atoms with van der Waals surface area (Å²) in [5, 5.41) is 24.7. The van der Waals surface area contributed by atoms with E-state index in [0.29, 0.717) is 74.5 Å². The van der Waals surface area contributed by atoms with Crippen molar-refractivity contribution in [3.05, 3.63) is 120 Å². The summed E-state index contributed by atoms with van der Waals surface area (Å²) in [7, 11) is 0.